The Balaban J connectivity index is 1.48. The van der Waals surface area contributed by atoms with Gasteiger partial charge in [-0.3, -0.25) is 4.79 Å². The molecule has 1 atom stereocenters. The van der Waals surface area contributed by atoms with Crippen LogP contribution in [0.3, 0.4) is 0 Å². The fourth-order valence-electron chi connectivity index (χ4n) is 4.35. The summed E-state index contributed by atoms with van der Waals surface area (Å²) < 4.78 is 7.02. The van der Waals surface area contributed by atoms with E-state index in [0.29, 0.717) is 17.8 Å². The number of hydrogen-bond donors (Lipinski definition) is 2. The van der Waals surface area contributed by atoms with Crippen molar-refractivity contribution in [2.24, 2.45) is 0 Å². The molecule has 33 heavy (non-hydrogen) atoms. The van der Waals surface area contributed by atoms with Crippen LogP contribution < -0.4 is 10.1 Å². The van der Waals surface area contributed by atoms with Gasteiger partial charge in [0.05, 0.1) is 13.3 Å². The van der Waals surface area contributed by atoms with E-state index in [4.69, 9.17) is 4.74 Å². The Hall–Kier alpha value is -4.13. The highest BCUT2D eigenvalue weighted by molar-refractivity contribution is 5.99. The minimum absolute atomic E-state index is 0.0470. The molecular formula is C26H25N5O2. The largest absolute Gasteiger partial charge is 0.497 e. The number of ether oxygens (including phenoxy) is 1. The molecule has 0 aliphatic heterocycles. The normalized spacial score (nSPS) is 12.2. The number of para-hydroxylation sites is 1. The van der Waals surface area contributed by atoms with E-state index in [9.17, 15) is 4.79 Å². The van der Waals surface area contributed by atoms with Gasteiger partial charge < -0.3 is 15.0 Å². The molecule has 7 heteroatoms. The van der Waals surface area contributed by atoms with Crippen molar-refractivity contribution in [1.82, 2.24) is 24.9 Å². The van der Waals surface area contributed by atoms with Gasteiger partial charge in [-0.15, -0.1) is 0 Å². The van der Waals surface area contributed by atoms with E-state index < -0.39 is 0 Å². The Labute approximate surface area is 191 Å². The number of carbonyl (C=O) groups excluding carboxylic acids is 1. The Morgan fingerprint density at radius 1 is 1.15 bits per heavy atom. The number of nitrogens with one attached hydrogen (secondary N) is 2. The maximum Gasteiger partial charge on any atom is 0.256 e. The van der Waals surface area contributed by atoms with Crippen molar-refractivity contribution < 1.29 is 9.53 Å². The predicted molar refractivity (Wildman–Crippen MR) is 128 cm³/mol. The number of rotatable bonds is 6. The minimum Gasteiger partial charge on any atom is -0.497 e. The standard InChI is InChI=1S/C26H25N5O2/c1-16-12-17(2)31-25(30-16)23(15-29-31)26(32)28-13-21(18-8-10-19(33-3)11-9-18)22-14-27-24-7-5-4-6-20(22)24/h4-12,14-15,21,27H,13H2,1-3H3,(H,28,32)/t21-/m0/s1. The number of fused-ring (bicyclic) bond motifs is 2. The van der Waals surface area contributed by atoms with Crippen molar-refractivity contribution in [1.29, 1.82) is 0 Å². The molecule has 2 N–H and O–H groups in total. The third-order valence-corrected chi connectivity index (χ3v) is 6.00. The third-order valence-electron chi connectivity index (χ3n) is 6.00. The molecular weight excluding hydrogens is 414 g/mol. The van der Waals surface area contributed by atoms with Crippen LogP contribution in [0, 0.1) is 13.8 Å². The molecule has 0 bridgehead atoms. The molecule has 0 fully saturated rings. The smallest absolute Gasteiger partial charge is 0.256 e. The zero-order valence-corrected chi connectivity index (χ0v) is 18.8. The molecule has 0 unspecified atom stereocenters. The van der Waals surface area contributed by atoms with Gasteiger partial charge in [-0.05, 0) is 49.2 Å². The maximum absolute atomic E-state index is 13.2. The number of amides is 1. The average Bonchev–Trinajstić information content (AvgIpc) is 3.44. The summed E-state index contributed by atoms with van der Waals surface area (Å²) in [5.74, 6) is 0.554. The van der Waals surface area contributed by atoms with E-state index in [1.165, 1.54) is 0 Å². The number of methoxy groups -OCH3 is 1. The third kappa shape index (κ3) is 3.82. The molecule has 0 spiro atoms. The van der Waals surface area contributed by atoms with Gasteiger partial charge >= 0.3 is 0 Å². The van der Waals surface area contributed by atoms with Gasteiger partial charge in [-0.1, -0.05) is 30.3 Å². The van der Waals surface area contributed by atoms with E-state index in [2.05, 4.69) is 32.5 Å². The van der Waals surface area contributed by atoms with Crippen LogP contribution in [0.4, 0.5) is 0 Å². The molecule has 3 aromatic heterocycles. The molecule has 5 aromatic rings. The Kier molecular flexibility index (Phi) is 5.30. The number of aryl methyl sites for hydroxylation is 2. The number of H-pyrrole nitrogens is 1. The van der Waals surface area contributed by atoms with Crippen LogP contribution in [-0.2, 0) is 0 Å². The summed E-state index contributed by atoms with van der Waals surface area (Å²) in [6, 6.07) is 18.1. The van der Waals surface area contributed by atoms with Gasteiger partial charge in [-0.25, -0.2) is 9.50 Å². The Bertz CT molecular complexity index is 1450. The average molecular weight is 440 g/mol. The highest BCUT2D eigenvalue weighted by Gasteiger charge is 2.21. The molecule has 0 aliphatic carbocycles. The first-order valence-corrected chi connectivity index (χ1v) is 10.9. The highest BCUT2D eigenvalue weighted by atomic mass is 16.5. The fraction of sp³-hybridized carbons (Fsp3) is 0.192. The highest BCUT2D eigenvalue weighted by Crippen LogP contribution is 2.31. The lowest BCUT2D eigenvalue weighted by atomic mass is 9.90. The molecule has 3 heterocycles. The quantitative estimate of drug-likeness (QED) is 0.411. The van der Waals surface area contributed by atoms with Crippen molar-refractivity contribution in [3.63, 3.8) is 0 Å². The van der Waals surface area contributed by atoms with Gasteiger partial charge in [0.1, 0.15) is 11.3 Å². The van der Waals surface area contributed by atoms with Crippen LogP contribution in [0.25, 0.3) is 16.6 Å². The fourth-order valence-corrected chi connectivity index (χ4v) is 4.35. The summed E-state index contributed by atoms with van der Waals surface area (Å²) in [5.41, 5.74) is 6.10. The van der Waals surface area contributed by atoms with E-state index in [1.54, 1.807) is 17.8 Å². The van der Waals surface area contributed by atoms with E-state index in [0.717, 1.165) is 39.2 Å². The minimum atomic E-state index is -0.194. The summed E-state index contributed by atoms with van der Waals surface area (Å²) >= 11 is 0. The molecule has 0 aliphatic rings. The van der Waals surface area contributed by atoms with E-state index >= 15 is 0 Å². The Morgan fingerprint density at radius 3 is 2.73 bits per heavy atom. The van der Waals surface area contributed by atoms with Crippen LogP contribution in [0.15, 0.2) is 67.0 Å². The molecule has 0 radical (unpaired) electrons. The molecule has 0 saturated heterocycles. The van der Waals surface area contributed by atoms with Crippen molar-refractivity contribution in [3.05, 3.63) is 95.1 Å². The molecule has 166 valence electrons. The maximum atomic E-state index is 13.2. The van der Waals surface area contributed by atoms with E-state index in [-0.39, 0.29) is 11.8 Å². The van der Waals surface area contributed by atoms with Crippen LogP contribution in [-0.4, -0.2) is 39.1 Å². The second-order valence-corrected chi connectivity index (χ2v) is 8.16. The SMILES string of the molecule is COc1ccc([C@H](CNC(=O)c2cnn3c(C)cc(C)nc23)c2c[nH]c3ccccc23)cc1. The number of carbonyl (C=O) groups is 1. The van der Waals surface area contributed by atoms with Crippen LogP contribution >= 0.6 is 0 Å². The van der Waals surface area contributed by atoms with Crippen molar-refractivity contribution in [2.45, 2.75) is 19.8 Å². The summed E-state index contributed by atoms with van der Waals surface area (Å²) in [4.78, 5) is 21.1. The Morgan fingerprint density at radius 2 is 1.94 bits per heavy atom. The lowest BCUT2D eigenvalue weighted by Gasteiger charge is -2.18. The lowest BCUT2D eigenvalue weighted by molar-refractivity contribution is 0.0954. The predicted octanol–water partition coefficient (Wildman–Crippen LogP) is 4.40. The second kappa shape index (κ2) is 8.43. The van der Waals surface area contributed by atoms with Crippen LogP contribution in [0.2, 0.25) is 0 Å². The van der Waals surface area contributed by atoms with Gasteiger partial charge in [0, 0.05) is 41.0 Å². The summed E-state index contributed by atoms with van der Waals surface area (Å²) in [5, 5.41) is 8.60. The summed E-state index contributed by atoms with van der Waals surface area (Å²) in [6.45, 7) is 4.29. The molecule has 2 aromatic carbocycles. The first-order valence-electron chi connectivity index (χ1n) is 10.9. The van der Waals surface area contributed by atoms with Gasteiger partial charge in [0.15, 0.2) is 5.65 Å². The molecule has 7 nitrogen and oxygen atoms in total. The first-order chi connectivity index (χ1) is 16.0. The van der Waals surface area contributed by atoms with Crippen molar-refractivity contribution in [2.75, 3.05) is 13.7 Å². The summed E-state index contributed by atoms with van der Waals surface area (Å²) in [7, 11) is 1.65. The molecule has 1 amide bonds. The van der Waals surface area contributed by atoms with Crippen molar-refractivity contribution >= 4 is 22.5 Å². The van der Waals surface area contributed by atoms with E-state index in [1.807, 2.05) is 62.5 Å². The number of aromatic nitrogens is 4. The monoisotopic (exact) mass is 439 g/mol. The number of aromatic amines is 1. The zero-order valence-electron chi connectivity index (χ0n) is 18.8. The zero-order chi connectivity index (χ0) is 22.9. The first kappa shape index (κ1) is 20.8. The lowest BCUT2D eigenvalue weighted by Crippen LogP contribution is -2.29. The number of nitrogens with zero attached hydrogens (tertiary/aromatic N) is 3. The van der Waals surface area contributed by atoms with Gasteiger partial charge in [-0.2, -0.15) is 5.10 Å². The number of hydrogen-bond acceptors (Lipinski definition) is 4. The molecule has 5 rings (SSSR count). The van der Waals surface area contributed by atoms with Gasteiger partial charge in [0.25, 0.3) is 5.91 Å². The van der Waals surface area contributed by atoms with Gasteiger partial charge in [0.2, 0.25) is 0 Å². The number of benzene rings is 2. The van der Waals surface area contributed by atoms with Crippen LogP contribution in [0.5, 0.6) is 5.75 Å². The van der Waals surface area contributed by atoms with Crippen molar-refractivity contribution in [3.8, 4) is 5.75 Å². The second-order valence-electron chi connectivity index (χ2n) is 8.16. The topological polar surface area (TPSA) is 84.3 Å². The molecule has 0 saturated carbocycles. The van der Waals surface area contributed by atoms with Crippen LogP contribution in [0.1, 0.15) is 38.8 Å². The summed E-state index contributed by atoms with van der Waals surface area (Å²) in [6.07, 6.45) is 3.60.